The summed E-state index contributed by atoms with van der Waals surface area (Å²) >= 11 is 0. The van der Waals surface area contributed by atoms with E-state index in [1.807, 2.05) is 12.1 Å². The van der Waals surface area contributed by atoms with Crippen LogP contribution in [-0.4, -0.2) is 11.8 Å². The predicted molar refractivity (Wildman–Crippen MR) is 71.3 cm³/mol. The molecule has 1 atom stereocenters. The summed E-state index contributed by atoms with van der Waals surface area (Å²) < 4.78 is 0. The van der Waals surface area contributed by atoms with Crippen LogP contribution in [0, 0.1) is 0 Å². The molecule has 0 bridgehead atoms. The first-order valence-corrected chi connectivity index (χ1v) is 5.99. The molecule has 0 saturated carbocycles. The molecule has 3 N–H and O–H groups in total. The number of hydrogen-bond donors (Lipinski definition) is 2. The van der Waals surface area contributed by atoms with Gasteiger partial charge < -0.3 is 11.1 Å². The molecule has 2 rings (SSSR count). The van der Waals surface area contributed by atoms with Crippen LogP contribution in [0.5, 0.6) is 0 Å². The van der Waals surface area contributed by atoms with Crippen molar-refractivity contribution in [3.05, 3.63) is 35.9 Å². The number of ketones is 1. The normalized spacial score (nSPS) is 19.0. The van der Waals surface area contributed by atoms with Gasteiger partial charge in [0.2, 0.25) is 0 Å². The minimum Gasteiger partial charge on any atom is -0.398 e. The van der Waals surface area contributed by atoms with Gasteiger partial charge in [0, 0.05) is 23.0 Å². The quantitative estimate of drug-likeness (QED) is 0.477. The molecule has 1 aliphatic carbocycles. The van der Waals surface area contributed by atoms with E-state index in [-0.39, 0.29) is 5.78 Å². The first-order valence-electron chi connectivity index (χ1n) is 5.99. The molecule has 90 valence electrons. The lowest BCUT2D eigenvalue weighted by molar-refractivity contribution is 0.101. The number of Topliss-reactive ketones (excluding diaryl/α,β-unsaturated/α-hetero) is 1. The van der Waals surface area contributed by atoms with E-state index in [9.17, 15) is 4.79 Å². The predicted octanol–water partition coefficient (Wildman–Crippen LogP) is 2.99. The maximum absolute atomic E-state index is 11.4. The first-order chi connectivity index (χ1) is 8.16. The maximum Gasteiger partial charge on any atom is 0.161 e. The Hall–Kier alpha value is -1.77. The van der Waals surface area contributed by atoms with Crippen LogP contribution in [0.1, 0.15) is 36.5 Å². The summed E-state index contributed by atoms with van der Waals surface area (Å²) in [4.78, 5) is 11.4. The monoisotopic (exact) mass is 230 g/mol. The number of nitrogen functional groups attached to an aromatic ring is 1. The van der Waals surface area contributed by atoms with Gasteiger partial charge in [-0.2, -0.15) is 0 Å². The average molecular weight is 230 g/mol. The Morgan fingerprint density at radius 2 is 2.24 bits per heavy atom. The number of anilines is 2. The topological polar surface area (TPSA) is 55.1 Å². The highest BCUT2D eigenvalue weighted by Gasteiger charge is 2.11. The van der Waals surface area contributed by atoms with Gasteiger partial charge >= 0.3 is 0 Å². The second-order valence-electron chi connectivity index (χ2n) is 4.48. The van der Waals surface area contributed by atoms with Crippen molar-refractivity contribution in [1.82, 2.24) is 0 Å². The van der Waals surface area contributed by atoms with Gasteiger partial charge in [0.25, 0.3) is 0 Å². The van der Waals surface area contributed by atoms with Gasteiger partial charge in [0.15, 0.2) is 5.78 Å². The van der Waals surface area contributed by atoms with Crippen LogP contribution in [0.15, 0.2) is 30.4 Å². The maximum atomic E-state index is 11.4. The van der Waals surface area contributed by atoms with Crippen LogP contribution in [0.25, 0.3) is 0 Å². The molecule has 1 aromatic carbocycles. The minimum absolute atomic E-state index is 0.00897. The number of hydrogen-bond acceptors (Lipinski definition) is 3. The Labute approximate surface area is 102 Å². The smallest absolute Gasteiger partial charge is 0.161 e. The molecule has 0 spiro atoms. The third kappa shape index (κ3) is 2.87. The molecule has 0 saturated heterocycles. The Morgan fingerprint density at radius 1 is 1.41 bits per heavy atom. The lowest BCUT2D eigenvalue weighted by Crippen LogP contribution is -2.20. The largest absolute Gasteiger partial charge is 0.398 e. The molecule has 0 radical (unpaired) electrons. The molecule has 3 heteroatoms. The number of nitrogens with one attached hydrogen (secondary N) is 1. The molecule has 1 unspecified atom stereocenters. The number of carbonyl (C=O) groups is 1. The SMILES string of the molecule is CC(=O)c1cc(NC2CC=CCC2)ccc1N. The summed E-state index contributed by atoms with van der Waals surface area (Å²) in [5.74, 6) is 0.00897. The summed E-state index contributed by atoms with van der Waals surface area (Å²) in [6, 6.07) is 6.02. The zero-order chi connectivity index (χ0) is 12.3. The van der Waals surface area contributed by atoms with Crippen LogP contribution < -0.4 is 11.1 Å². The van der Waals surface area contributed by atoms with E-state index in [2.05, 4.69) is 17.5 Å². The summed E-state index contributed by atoms with van der Waals surface area (Å²) in [5.41, 5.74) is 7.89. The standard InChI is InChI=1S/C14H18N2O/c1-10(17)13-9-12(7-8-14(13)15)16-11-5-3-2-4-6-11/h2-3,7-9,11,16H,4-6,15H2,1H3. The molecule has 17 heavy (non-hydrogen) atoms. The highest BCUT2D eigenvalue weighted by Crippen LogP contribution is 2.21. The molecular formula is C14H18N2O. The Bertz CT molecular complexity index is 452. The fourth-order valence-corrected chi connectivity index (χ4v) is 2.11. The first kappa shape index (κ1) is 11.7. The van der Waals surface area contributed by atoms with E-state index in [0.29, 0.717) is 17.3 Å². The van der Waals surface area contributed by atoms with Gasteiger partial charge in [0.05, 0.1) is 0 Å². The summed E-state index contributed by atoms with van der Waals surface area (Å²) in [7, 11) is 0. The van der Waals surface area contributed by atoms with Gasteiger partial charge in [-0.15, -0.1) is 0 Å². The third-order valence-corrected chi connectivity index (χ3v) is 3.07. The van der Waals surface area contributed by atoms with E-state index in [1.165, 1.54) is 0 Å². The van der Waals surface area contributed by atoms with Crippen molar-refractivity contribution in [3.63, 3.8) is 0 Å². The van der Waals surface area contributed by atoms with E-state index >= 15 is 0 Å². The molecule has 0 heterocycles. The fraction of sp³-hybridized carbons (Fsp3) is 0.357. The van der Waals surface area contributed by atoms with Crippen LogP contribution in [-0.2, 0) is 0 Å². The van der Waals surface area contributed by atoms with Gasteiger partial charge in [-0.1, -0.05) is 12.2 Å². The van der Waals surface area contributed by atoms with Gasteiger partial charge in [-0.05, 0) is 44.4 Å². The molecular weight excluding hydrogens is 212 g/mol. The van der Waals surface area contributed by atoms with E-state index in [4.69, 9.17) is 5.73 Å². The van der Waals surface area contributed by atoms with E-state index in [1.54, 1.807) is 13.0 Å². The molecule has 1 aromatic rings. The van der Waals surface area contributed by atoms with E-state index < -0.39 is 0 Å². The van der Waals surface area contributed by atoms with Crippen molar-refractivity contribution in [2.45, 2.75) is 32.2 Å². The zero-order valence-corrected chi connectivity index (χ0v) is 10.1. The van der Waals surface area contributed by atoms with Crippen molar-refractivity contribution >= 4 is 17.2 Å². The molecule has 0 aromatic heterocycles. The highest BCUT2D eigenvalue weighted by molar-refractivity contribution is 6.00. The van der Waals surface area contributed by atoms with Crippen molar-refractivity contribution in [2.24, 2.45) is 0 Å². The molecule has 0 aliphatic heterocycles. The third-order valence-electron chi connectivity index (χ3n) is 3.07. The molecule has 3 nitrogen and oxygen atoms in total. The highest BCUT2D eigenvalue weighted by atomic mass is 16.1. The fourth-order valence-electron chi connectivity index (χ4n) is 2.11. The summed E-state index contributed by atoms with van der Waals surface area (Å²) in [6.07, 6.45) is 7.70. The minimum atomic E-state index is 0.00897. The Kier molecular flexibility index (Phi) is 3.47. The Balaban J connectivity index is 2.13. The summed E-state index contributed by atoms with van der Waals surface area (Å²) in [5, 5.41) is 3.44. The lowest BCUT2D eigenvalue weighted by atomic mass is 10.0. The molecule has 0 amide bonds. The second kappa shape index (κ2) is 5.04. The van der Waals surface area contributed by atoms with Gasteiger partial charge in [-0.25, -0.2) is 0 Å². The average Bonchev–Trinajstić information content (AvgIpc) is 2.32. The van der Waals surface area contributed by atoms with Crippen LogP contribution in [0.2, 0.25) is 0 Å². The van der Waals surface area contributed by atoms with E-state index in [0.717, 1.165) is 24.9 Å². The second-order valence-corrected chi connectivity index (χ2v) is 4.48. The van der Waals surface area contributed by atoms with Crippen LogP contribution >= 0.6 is 0 Å². The number of carbonyl (C=O) groups excluding carboxylic acids is 1. The number of benzene rings is 1. The van der Waals surface area contributed by atoms with Gasteiger partial charge in [-0.3, -0.25) is 4.79 Å². The Morgan fingerprint density at radius 3 is 2.88 bits per heavy atom. The number of allylic oxidation sites excluding steroid dienone is 1. The number of rotatable bonds is 3. The van der Waals surface area contributed by atoms with Crippen molar-refractivity contribution < 1.29 is 4.79 Å². The number of nitrogens with two attached hydrogens (primary N) is 1. The van der Waals surface area contributed by atoms with Crippen molar-refractivity contribution in [3.8, 4) is 0 Å². The van der Waals surface area contributed by atoms with Crippen LogP contribution in [0.3, 0.4) is 0 Å². The van der Waals surface area contributed by atoms with Crippen LogP contribution in [0.4, 0.5) is 11.4 Å². The molecule has 0 fully saturated rings. The van der Waals surface area contributed by atoms with Crippen molar-refractivity contribution in [2.75, 3.05) is 11.1 Å². The van der Waals surface area contributed by atoms with Crippen molar-refractivity contribution in [1.29, 1.82) is 0 Å². The zero-order valence-electron chi connectivity index (χ0n) is 10.1. The van der Waals surface area contributed by atoms with Gasteiger partial charge in [0.1, 0.15) is 0 Å². The lowest BCUT2D eigenvalue weighted by Gasteiger charge is -2.21. The molecule has 1 aliphatic rings. The summed E-state index contributed by atoms with van der Waals surface area (Å²) in [6.45, 7) is 1.54.